The van der Waals surface area contributed by atoms with Crippen LogP contribution in [0.1, 0.15) is 75.1 Å². The number of aromatic nitrogens is 4. The fourth-order valence-corrected chi connectivity index (χ4v) is 11.1. The molecule has 8 atom stereocenters. The third-order valence-corrected chi connectivity index (χ3v) is 14.8. The molecule has 0 unspecified atom stereocenters. The topological polar surface area (TPSA) is 206 Å². The average molecular weight is 887 g/mol. The van der Waals surface area contributed by atoms with Crippen molar-refractivity contribution in [3.8, 4) is 33.8 Å². The monoisotopic (exact) mass is 886 g/mol. The van der Waals surface area contributed by atoms with Gasteiger partial charge in [0.2, 0.25) is 11.8 Å². The molecule has 4 N–H and O–H groups in total. The van der Waals surface area contributed by atoms with Crippen molar-refractivity contribution in [3.63, 3.8) is 0 Å². The molecule has 5 aromatic rings. The third kappa shape index (κ3) is 7.91. The highest BCUT2D eigenvalue weighted by atomic mass is 16.5. The van der Waals surface area contributed by atoms with Gasteiger partial charge in [-0.3, -0.25) is 9.59 Å². The SMILES string of the molecule is COC(=O)N[C@H](C(=O)N1[C@@H]2C[C@@H]2C[C@H]1c1ncc(-c2ccc(-c3cc4cc(-c5cnc([C@@H]6C[C@H]7C[C@H]7N6C(=O)[C@@H](NC(=O)OC)C6CCOCC6)[nH]5)ccc4o3)cc2)[nH]1)C1CCOCC1. The minimum absolute atomic E-state index is 0.0297. The molecule has 11 rings (SSSR count). The number of alkyl carbamates (subject to hydrolysis) is 2. The maximum absolute atomic E-state index is 14.3. The van der Waals surface area contributed by atoms with E-state index in [1.165, 1.54) is 14.2 Å². The molecule has 17 nitrogen and oxygen atoms in total. The molecule has 4 amide bonds. The largest absolute Gasteiger partial charge is 0.456 e. The number of imidazole rings is 2. The second-order valence-corrected chi connectivity index (χ2v) is 18.6. The number of likely N-dealkylation sites (tertiary alicyclic amines) is 2. The number of methoxy groups -OCH3 is 2. The molecule has 4 saturated heterocycles. The molecule has 4 aliphatic heterocycles. The number of fused-ring (bicyclic) bond motifs is 3. The maximum Gasteiger partial charge on any atom is 0.407 e. The molecule has 65 heavy (non-hydrogen) atoms. The van der Waals surface area contributed by atoms with E-state index >= 15 is 0 Å². The summed E-state index contributed by atoms with van der Waals surface area (Å²) in [6, 6.07) is 14.7. The minimum atomic E-state index is -0.687. The van der Waals surface area contributed by atoms with Crippen molar-refractivity contribution < 1.29 is 42.5 Å². The highest BCUT2D eigenvalue weighted by Crippen LogP contribution is 2.55. The number of hydrogen-bond donors (Lipinski definition) is 4. The summed E-state index contributed by atoms with van der Waals surface area (Å²) < 4.78 is 27.3. The molecular formula is C48H54N8O9. The van der Waals surface area contributed by atoms with Crippen molar-refractivity contribution >= 4 is 35.0 Å². The predicted octanol–water partition coefficient (Wildman–Crippen LogP) is 6.51. The van der Waals surface area contributed by atoms with E-state index in [1.54, 1.807) is 0 Å². The number of H-pyrrole nitrogens is 2. The van der Waals surface area contributed by atoms with E-state index in [-0.39, 0.29) is 47.8 Å². The zero-order valence-corrected chi connectivity index (χ0v) is 36.5. The molecule has 340 valence electrons. The van der Waals surface area contributed by atoms with Gasteiger partial charge in [0, 0.05) is 55.0 Å². The summed E-state index contributed by atoms with van der Waals surface area (Å²) >= 11 is 0. The summed E-state index contributed by atoms with van der Waals surface area (Å²) in [4.78, 5) is 73.8. The lowest BCUT2D eigenvalue weighted by molar-refractivity contribution is -0.138. The molecular weight excluding hydrogens is 833 g/mol. The van der Waals surface area contributed by atoms with E-state index in [1.807, 2.05) is 64.7 Å². The quantitative estimate of drug-likeness (QED) is 0.113. The number of carbonyl (C=O) groups is 4. The van der Waals surface area contributed by atoms with Crippen LogP contribution in [-0.4, -0.2) is 119 Å². The zero-order valence-electron chi connectivity index (χ0n) is 36.5. The van der Waals surface area contributed by atoms with Crippen LogP contribution in [0.5, 0.6) is 0 Å². The summed E-state index contributed by atoms with van der Waals surface area (Å²) in [6.45, 7) is 2.23. The van der Waals surface area contributed by atoms with E-state index in [9.17, 15) is 19.2 Å². The summed E-state index contributed by atoms with van der Waals surface area (Å²) in [6.07, 6.45) is 8.77. The number of hydrogen-bond acceptors (Lipinski definition) is 11. The first-order chi connectivity index (χ1) is 31.7. The van der Waals surface area contributed by atoms with Gasteiger partial charge in [0.25, 0.3) is 0 Å². The van der Waals surface area contributed by atoms with Gasteiger partial charge in [-0.15, -0.1) is 0 Å². The fraction of sp³-hybridized carbons (Fsp3) is 0.500. The van der Waals surface area contributed by atoms with Crippen LogP contribution in [0.4, 0.5) is 9.59 Å². The van der Waals surface area contributed by atoms with Gasteiger partial charge in [0.1, 0.15) is 35.1 Å². The zero-order chi connectivity index (χ0) is 44.3. The molecule has 6 aliphatic rings. The maximum atomic E-state index is 14.3. The standard InChI is InChI=1S/C48H54N8O9/c1-61-47(59)53-41(27-9-13-63-14-10-27)45(57)55-35-18-30(35)20-37(55)43-49-23-33(51-43)25-3-5-26(6-4-25)40-22-32-17-29(7-8-39(32)65-40)34-24-50-44(52-34)38-21-31-19-36(31)56(38)46(58)42(54-48(60)62-2)28-11-15-64-16-12-28/h3-8,17,22-24,27-28,30-31,35-38,41-42H,9-16,18-21H2,1-2H3,(H,49,51)(H,50,52)(H,53,59)(H,54,60)/t30-,31-,35-,36-,37+,38+,41+,42+/m1/s1. The Balaban J connectivity index is 0.776. The third-order valence-electron chi connectivity index (χ3n) is 14.8. The predicted molar refractivity (Wildman–Crippen MR) is 235 cm³/mol. The Kier molecular flexibility index (Phi) is 10.8. The average Bonchev–Trinajstić information content (AvgIpc) is 3.80. The first-order valence-corrected chi connectivity index (χ1v) is 23.0. The van der Waals surface area contributed by atoms with Gasteiger partial charge in [0.05, 0.1) is 50.1 Å². The van der Waals surface area contributed by atoms with Crippen LogP contribution in [0.2, 0.25) is 0 Å². The summed E-state index contributed by atoms with van der Waals surface area (Å²) in [5, 5.41) is 6.65. The Morgan fingerprint density at radius 2 is 1.12 bits per heavy atom. The number of furan rings is 1. The molecule has 6 fully saturated rings. The van der Waals surface area contributed by atoms with Gasteiger partial charge in [-0.05, 0) is 105 Å². The summed E-state index contributed by atoms with van der Waals surface area (Å²) in [5.41, 5.74) is 5.26. The van der Waals surface area contributed by atoms with Crippen LogP contribution in [0, 0.1) is 23.7 Å². The number of nitrogens with zero attached hydrogens (tertiary/aromatic N) is 4. The number of carbonyl (C=O) groups excluding carboxylic acids is 4. The summed E-state index contributed by atoms with van der Waals surface area (Å²) in [5.74, 6) is 2.82. The second kappa shape index (κ2) is 17.0. The van der Waals surface area contributed by atoms with Crippen LogP contribution < -0.4 is 10.6 Å². The van der Waals surface area contributed by atoms with Crippen molar-refractivity contribution in [3.05, 3.63) is 72.6 Å². The number of aromatic amines is 2. The van der Waals surface area contributed by atoms with Crippen molar-refractivity contribution in [1.29, 1.82) is 0 Å². The molecule has 17 heteroatoms. The van der Waals surface area contributed by atoms with E-state index in [0.29, 0.717) is 63.9 Å². The van der Waals surface area contributed by atoms with E-state index in [0.717, 1.165) is 82.1 Å². The second-order valence-electron chi connectivity index (χ2n) is 18.6. The lowest BCUT2D eigenvalue weighted by Crippen LogP contribution is -2.54. The molecule has 2 saturated carbocycles. The lowest BCUT2D eigenvalue weighted by atomic mass is 9.90. The van der Waals surface area contributed by atoms with Crippen molar-refractivity contribution in [2.45, 2.75) is 87.6 Å². The van der Waals surface area contributed by atoms with Gasteiger partial charge >= 0.3 is 12.2 Å². The van der Waals surface area contributed by atoms with Gasteiger partial charge in [-0.2, -0.15) is 0 Å². The van der Waals surface area contributed by atoms with Crippen LogP contribution >= 0.6 is 0 Å². The van der Waals surface area contributed by atoms with Gasteiger partial charge in [-0.1, -0.05) is 24.3 Å². The lowest BCUT2D eigenvalue weighted by Gasteiger charge is -2.35. The molecule has 2 aromatic carbocycles. The molecule has 2 aliphatic carbocycles. The normalized spacial score (nSPS) is 26.0. The number of ether oxygens (including phenoxy) is 4. The summed E-state index contributed by atoms with van der Waals surface area (Å²) in [7, 11) is 2.63. The van der Waals surface area contributed by atoms with E-state index in [4.69, 9.17) is 33.3 Å². The molecule has 7 heterocycles. The minimum Gasteiger partial charge on any atom is -0.456 e. The van der Waals surface area contributed by atoms with Gasteiger partial charge in [0.15, 0.2) is 0 Å². The molecule has 0 spiro atoms. The Hall–Kier alpha value is -6.20. The van der Waals surface area contributed by atoms with Crippen molar-refractivity contribution in [2.75, 3.05) is 40.6 Å². The van der Waals surface area contributed by atoms with Crippen LogP contribution in [0.15, 0.2) is 65.3 Å². The number of rotatable bonds is 11. The van der Waals surface area contributed by atoms with Crippen molar-refractivity contribution in [2.24, 2.45) is 23.7 Å². The fourth-order valence-electron chi connectivity index (χ4n) is 11.1. The highest BCUT2D eigenvalue weighted by Gasteiger charge is 2.58. The number of nitrogens with one attached hydrogen (secondary N) is 4. The molecule has 3 aromatic heterocycles. The van der Waals surface area contributed by atoms with E-state index in [2.05, 4.69) is 26.7 Å². The first-order valence-electron chi connectivity index (χ1n) is 23.0. The van der Waals surface area contributed by atoms with Crippen LogP contribution in [-0.2, 0) is 28.5 Å². The van der Waals surface area contributed by atoms with Gasteiger partial charge < -0.3 is 53.8 Å². The number of piperidine rings is 2. The number of benzene rings is 2. The van der Waals surface area contributed by atoms with Crippen molar-refractivity contribution in [1.82, 2.24) is 40.4 Å². The van der Waals surface area contributed by atoms with E-state index < -0.39 is 24.3 Å². The Morgan fingerprint density at radius 3 is 1.63 bits per heavy atom. The molecule has 0 bridgehead atoms. The first kappa shape index (κ1) is 41.5. The highest BCUT2D eigenvalue weighted by molar-refractivity contribution is 5.89. The Bertz CT molecular complexity index is 2590. The smallest absolute Gasteiger partial charge is 0.407 e. The molecule has 0 radical (unpaired) electrons. The van der Waals surface area contributed by atoms with Crippen LogP contribution in [0.25, 0.3) is 44.8 Å². The number of amides is 4. The van der Waals surface area contributed by atoms with Gasteiger partial charge in [-0.25, -0.2) is 19.6 Å². The Labute approximate surface area is 375 Å². The Morgan fingerprint density at radius 1 is 0.646 bits per heavy atom. The van der Waals surface area contributed by atoms with Crippen LogP contribution in [0.3, 0.4) is 0 Å².